The van der Waals surface area contributed by atoms with Crippen molar-refractivity contribution in [3.63, 3.8) is 0 Å². The molecule has 0 radical (unpaired) electrons. The van der Waals surface area contributed by atoms with Gasteiger partial charge in [0.25, 0.3) is 5.91 Å². The van der Waals surface area contributed by atoms with Crippen molar-refractivity contribution in [2.75, 3.05) is 25.7 Å². The number of hydrogen-bond acceptors (Lipinski definition) is 3. The second kappa shape index (κ2) is 8.20. The minimum absolute atomic E-state index is 0.0741. The third kappa shape index (κ3) is 3.59. The predicted molar refractivity (Wildman–Crippen MR) is 97.2 cm³/mol. The Hall–Kier alpha value is -2.75. The second-order valence-corrected chi connectivity index (χ2v) is 5.25. The molecule has 0 saturated carbocycles. The smallest absolute Gasteiger partial charge is 0.258 e. The Morgan fingerprint density at radius 2 is 1.88 bits per heavy atom. The Labute approximate surface area is 143 Å². The van der Waals surface area contributed by atoms with E-state index in [2.05, 4.69) is 6.58 Å². The van der Waals surface area contributed by atoms with Crippen molar-refractivity contribution in [1.82, 2.24) is 0 Å². The third-order valence-electron chi connectivity index (χ3n) is 3.80. The molecule has 0 atom stereocenters. The van der Waals surface area contributed by atoms with Crippen LogP contribution in [0.3, 0.4) is 0 Å². The van der Waals surface area contributed by atoms with Gasteiger partial charge in [0.15, 0.2) is 11.5 Å². The van der Waals surface area contributed by atoms with Crippen molar-refractivity contribution >= 4 is 11.6 Å². The molecule has 0 aromatic heterocycles. The molecule has 2 aromatic carbocycles. The fraction of sp³-hybridized carbons (Fsp3) is 0.250. The highest BCUT2D eigenvalue weighted by molar-refractivity contribution is 6.06. The van der Waals surface area contributed by atoms with Crippen LogP contribution in [0.4, 0.5) is 5.69 Å². The molecule has 0 fully saturated rings. The van der Waals surface area contributed by atoms with E-state index in [-0.39, 0.29) is 5.91 Å². The maximum absolute atomic E-state index is 13.0. The van der Waals surface area contributed by atoms with Gasteiger partial charge in [0.1, 0.15) is 0 Å². The molecule has 126 valence electrons. The molecule has 24 heavy (non-hydrogen) atoms. The lowest BCUT2D eigenvalue weighted by Crippen LogP contribution is -2.30. The first-order valence-corrected chi connectivity index (χ1v) is 7.88. The van der Waals surface area contributed by atoms with Gasteiger partial charge in [0.05, 0.1) is 14.2 Å². The molecule has 0 aliphatic carbocycles. The SMILES string of the molecule is C=CCc1cc(C(=O)N(CC)c2ccccc2)cc(OC)c1OC. The summed E-state index contributed by atoms with van der Waals surface area (Å²) < 4.78 is 10.8. The summed E-state index contributed by atoms with van der Waals surface area (Å²) in [5.74, 6) is 1.11. The van der Waals surface area contributed by atoms with E-state index in [1.807, 2.05) is 43.3 Å². The number of carbonyl (C=O) groups excluding carboxylic acids is 1. The Balaban J connectivity index is 2.48. The number of ether oxygens (including phenoxy) is 2. The summed E-state index contributed by atoms with van der Waals surface area (Å²) in [6.07, 6.45) is 2.37. The van der Waals surface area contributed by atoms with Crippen LogP contribution in [0.15, 0.2) is 55.1 Å². The summed E-state index contributed by atoms with van der Waals surface area (Å²) in [7, 11) is 3.16. The standard InChI is InChI=1S/C20H23NO3/c1-5-10-15-13-16(14-18(23-3)19(15)24-4)20(22)21(6-2)17-11-8-7-9-12-17/h5,7-9,11-14H,1,6,10H2,2-4H3. The Morgan fingerprint density at radius 3 is 2.42 bits per heavy atom. The third-order valence-corrected chi connectivity index (χ3v) is 3.80. The maximum atomic E-state index is 13.0. The van der Waals surface area contributed by atoms with Crippen LogP contribution in [0.25, 0.3) is 0 Å². The van der Waals surface area contributed by atoms with Crippen LogP contribution in [-0.2, 0) is 6.42 Å². The largest absolute Gasteiger partial charge is 0.493 e. The summed E-state index contributed by atoms with van der Waals surface area (Å²) in [4.78, 5) is 14.7. The summed E-state index contributed by atoms with van der Waals surface area (Å²) in [5, 5.41) is 0. The molecule has 0 N–H and O–H groups in total. The first-order valence-electron chi connectivity index (χ1n) is 7.88. The Morgan fingerprint density at radius 1 is 1.17 bits per heavy atom. The molecule has 0 aliphatic rings. The van der Waals surface area contributed by atoms with E-state index in [1.54, 1.807) is 31.3 Å². The Bertz CT molecular complexity index is 710. The molecular formula is C20H23NO3. The molecule has 0 aliphatic heterocycles. The number of rotatable bonds is 7. The minimum Gasteiger partial charge on any atom is -0.493 e. The van der Waals surface area contributed by atoms with Crippen molar-refractivity contribution in [1.29, 1.82) is 0 Å². The lowest BCUT2D eigenvalue weighted by molar-refractivity contribution is 0.0988. The first-order chi connectivity index (χ1) is 11.7. The molecule has 1 amide bonds. The summed E-state index contributed by atoms with van der Waals surface area (Å²) in [5.41, 5.74) is 2.31. The van der Waals surface area contributed by atoms with E-state index >= 15 is 0 Å². The number of nitrogens with zero attached hydrogens (tertiary/aromatic N) is 1. The molecule has 0 bridgehead atoms. The maximum Gasteiger partial charge on any atom is 0.258 e. The van der Waals surface area contributed by atoms with Gasteiger partial charge in [-0.3, -0.25) is 4.79 Å². The number of para-hydroxylation sites is 1. The minimum atomic E-state index is -0.0741. The van der Waals surface area contributed by atoms with Crippen molar-refractivity contribution in [2.45, 2.75) is 13.3 Å². The van der Waals surface area contributed by atoms with Crippen molar-refractivity contribution in [3.8, 4) is 11.5 Å². The van der Waals surface area contributed by atoms with Gasteiger partial charge in [-0.1, -0.05) is 24.3 Å². The van der Waals surface area contributed by atoms with Crippen LogP contribution < -0.4 is 14.4 Å². The topological polar surface area (TPSA) is 38.8 Å². The van der Waals surface area contributed by atoms with Gasteiger partial charge in [0.2, 0.25) is 0 Å². The first kappa shape index (κ1) is 17.6. The monoisotopic (exact) mass is 325 g/mol. The number of methoxy groups -OCH3 is 2. The van der Waals surface area contributed by atoms with Gasteiger partial charge in [-0.25, -0.2) is 0 Å². The van der Waals surface area contributed by atoms with Crippen LogP contribution >= 0.6 is 0 Å². The molecule has 0 unspecified atom stereocenters. The average Bonchev–Trinajstić information content (AvgIpc) is 2.62. The van der Waals surface area contributed by atoms with E-state index in [1.165, 1.54) is 0 Å². The predicted octanol–water partition coefficient (Wildman–Crippen LogP) is 4.10. The lowest BCUT2D eigenvalue weighted by atomic mass is 10.0. The van der Waals surface area contributed by atoms with Gasteiger partial charge >= 0.3 is 0 Å². The molecular weight excluding hydrogens is 302 g/mol. The van der Waals surface area contributed by atoms with Crippen molar-refractivity contribution in [3.05, 3.63) is 66.2 Å². The molecule has 0 saturated heterocycles. The van der Waals surface area contributed by atoms with Crippen LogP contribution in [0.1, 0.15) is 22.8 Å². The molecule has 0 heterocycles. The number of amides is 1. The fourth-order valence-corrected chi connectivity index (χ4v) is 2.68. The van der Waals surface area contributed by atoms with Crippen LogP contribution in [-0.4, -0.2) is 26.7 Å². The number of allylic oxidation sites excluding steroid dienone is 1. The summed E-state index contributed by atoms with van der Waals surface area (Å²) in [6.45, 7) is 6.30. The highest BCUT2D eigenvalue weighted by Gasteiger charge is 2.20. The van der Waals surface area contributed by atoms with Crippen LogP contribution in [0, 0.1) is 0 Å². The van der Waals surface area contributed by atoms with Crippen molar-refractivity contribution < 1.29 is 14.3 Å². The van der Waals surface area contributed by atoms with E-state index < -0.39 is 0 Å². The molecule has 0 spiro atoms. The highest BCUT2D eigenvalue weighted by atomic mass is 16.5. The van der Waals surface area contributed by atoms with Gasteiger partial charge < -0.3 is 14.4 Å². The zero-order chi connectivity index (χ0) is 17.5. The van der Waals surface area contributed by atoms with Gasteiger partial charge in [-0.05, 0) is 37.6 Å². The zero-order valence-corrected chi connectivity index (χ0v) is 14.4. The summed E-state index contributed by atoms with van der Waals surface area (Å²) in [6, 6.07) is 13.2. The van der Waals surface area contributed by atoms with Gasteiger partial charge in [-0.15, -0.1) is 6.58 Å². The Kier molecular flexibility index (Phi) is 6.01. The fourth-order valence-electron chi connectivity index (χ4n) is 2.68. The quantitative estimate of drug-likeness (QED) is 0.720. The number of benzene rings is 2. The average molecular weight is 325 g/mol. The van der Waals surface area contributed by atoms with E-state index in [0.29, 0.717) is 30.0 Å². The van der Waals surface area contributed by atoms with E-state index in [9.17, 15) is 4.79 Å². The van der Waals surface area contributed by atoms with E-state index in [0.717, 1.165) is 11.3 Å². The van der Waals surface area contributed by atoms with Crippen molar-refractivity contribution in [2.24, 2.45) is 0 Å². The summed E-state index contributed by atoms with van der Waals surface area (Å²) >= 11 is 0. The van der Waals surface area contributed by atoms with Gasteiger partial charge in [-0.2, -0.15) is 0 Å². The second-order valence-electron chi connectivity index (χ2n) is 5.25. The van der Waals surface area contributed by atoms with E-state index in [4.69, 9.17) is 9.47 Å². The molecule has 4 nitrogen and oxygen atoms in total. The molecule has 2 aromatic rings. The number of hydrogen-bond donors (Lipinski definition) is 0. The van der Waals surface area contributed by atoms with Crippen LogP contribution in [0.5, 0.6) is 11.5 Å². The van der Waals surface area contributed by atoms with Crippen LogP contribution in [0.2, 0.25) is 0 Å². The van der Waals surface area contributed by atoms with Gasteiger partial charge in [0, 0.05) is 23.4 Å². The molecule has 2 rings (SSSR count). The molecule has 4 heteroatoms. The number of carbonyl (C=O) groups is 1. The zero-order valence-electron chi connectivity index (χ0n) is 14.4. The number of anilines is 1. The normalized spacial score (nSPS) is 10.1. The highest BCUT2D eigenvalue weighted by Crippen LogP contribution is 2.34. The lowest BCUT2D eigenvalue weighted by Gasteiger charge is -2.22.